The van der Waals surface area contributed by atoms with Crippen molar-refractivity contribution in [3.05, 3.63) is 30.3 Å². The number of para-hydroxylation sites is 1. The molecule has 1 aromatic carbocycles. The Kier molecular flexibility index (Phi) is 6.49. The van der Waals surface area contributed by atoms with E-state index in [0.717, 1.165) is 12.2 Å². The highest BCUT2D eigenvalue weighted by Gasteiger charge is 2.35. The lowest BCUT2D eigenvalue weighted by molar-refractivity contribution is -0.129. The molecule has 0 heterocycles. The van der Waals surface area contributed by atoms with Gasteiger partial charge in [-0.25, -0.2) is 0 Å². The highest BCUT2D eigenvalue weighted by Crippen LogP contribution is 2.38. The molecule has 0 spiro atoms. The predicted octanol–water partition coefficient (Wildman–Crippen LogP) is 4.28. The zero-order chi connectivity index (χ0) is 16.8. The summed E-state index contributed by atoms with van der Waals surface area (Å²) >= 11 is 0. The molecule has 3 heteroatoms. The molecule has 0 aromatic heterocycles. The van der Waals surface area contributed by atoms with Crippen molar-refractivity contribution in [2.24, 2.45) is 23.7 Å². The third-order valence-electron chi connectivity index (χ3n) is 5.00. The van der Waals surface area contributed by atoms with Gasteiger partial charge in [-0.15, -0.1) is 0 Å². The number of rotatable bonds is 6. The summed E-state index contributed by atoms with van der Waals surface area (Å²) in [4.78, 5) is 12.6. The van der Waals surface area contributed by atoms with Gasteiger partial charge in [-0.05, 0) is 49.7 Å². The van der Waals surface area contributed by atoms with Crippen LogP contribution in [0.1, 0.15) is 47.0 Å². The lowest BCUT2D eigenvalue weighted by atomic mass is 9.70. The average molecular weight is 317 g/mol. The Morgan fingerprint density at radius 1 is 1.22 bits per heavy atom. The molecule has 2 rings (SSSR count). The van der Waals surface area contributed by atoms with Crippen LogP contribution in [0.15, 0.2) is 30.3 Å². The average Bonchev–Trinajstić information content (AvgIpc) is 2.53. The van der Waals surface area contributed by atoms with E-state index < -0.39 is 0 Å². The van der Waals surface area contributed by atoms with Gasteiger partial charge in [-0.1, -0.05) is 45.4 Å². The summed E-state index contributed by atoms with van der Waals surface area (Å²) in [6.07, 6.45) is 3.41. The van der Waals surface area contributed by atoms with E-state index in [4.69, 9.17) is 4.74 Å². The molecule has 128 valence electrons. The predicted molar refractivity (Wildman–Crippen MR) is 94.4 cm³/mol. The fourth-order valence-electron chi connectivity index (χ4n) is 3.65. The molecule has 1 amide bonds. The van der Waals surface area contributed by atoms with E-state index in [0.29, 0.717) is 24.3 Å². The molecular formula is C20H31NO2. The Morgan fingerprint density at radius 3 is 2.57 bits per heavy atom. The van der Waals surface area contributed by atoms with Gasteiger partial charge in [0, 0.05) is 5.92 Å². The van der Waals surface area contributed by atoms with E-state index in [1.54, 1.807) is 0 Å². The van der Waals surface area contributed by atoms with E-state index in [2.05, 4.69) is 26.1 Å². The lowest BCUT2D eigenvalue weighted by Gasteiger charge is -2.36. The Morgan fingerprint density at radius 2 is 1.91 bits per heavy atom. The van der Waals surface area contributed by atoms with Gasteiger partial charge >= 0.3 is 0 Å². The third kappa shape index (κ3) is 5.26. The largest absolute Gasteiger partial charge is 0.489 e. The maximum Gasteiger partial charge on any atom is 0.223 e. The van der Waals surface area contributed by atoms with Crippen LogP contribution in [0.2, 0.25) is 0 Å². The van der Waals surface area contributed by atoms with Gasteiger partial charge in [0.25, 0.3) is 0 Å². The van der Waals surface area contributed by atoms with Crippen LogP contribution >= 0.6 is 0 Å². The van der Waals surface area contributed by atoms with Gasteiger partial charge < -0.3 is 10.1 Å². The van der Waals surface area contributed by atoms with Crippen LogP contribution in [0.25, 0.3) is 0 Å². The smallest absolute Gasteiger partial charge is 0.223 e. The summed E-state index contributed by atoms with van der Waals surface area (Å²) in [5.74, 6) is 2.94. The van der Waals surface area contributed by atoms with Gasteiger partial charge in [0.2, 0.25) is 5.91 Å². The molecule has 1 N–H and O–H groups in total. The van der Waals surface area contributed by atoms with Crippen molar-refractivity contribution in [2.45, 2.75) is 53.1 Å². The summed E-state index contributed by atoms with van der Waals surface area (Å²) < 4.78 is 5.83. The van der Waals surface area contributed by atoms with E-state index in [1.807, 2.05) is 37.3 Å². The standard InChI is InChI=1S/C20H31NO2/c1-14(2)18-11-10-15(3)12-19(18)20(22)21-13-16(4)23-17-8-6-5-7-9-17/h5-9,14-16,18-19H,10-13H2,1-4H3,(H,21,22)/t15-,16?,18+,19-/m1/s1. The minimum Gasteiger partial charge on any atom is -0.489 e. The normalized spacial score (nSPS) is 25.9. The van der Waals surface area contributed by atoms with Gasteiger partial charge in [0.1, 0.15) is 11.9 Å². The number of benzene rings is 1. The molecule has 0 aliphatic heterocycles. The summed E-state index contributed by atoms with van der Waals surface area (Å²) in [6, 6.07) is 9.76. The van der Waals surface area contributed by atoms with Crippen molar-refractivity contribution >= 4 is 5.91 Å². The first kappa shape index (κ1) is 17.8. The zero-order valence-corrected chi connectivity index (χ0v) is 14.9. The zero-order valence-electron chi connectivity index (χ0n) is 14.9. The number of hydrogen-bond donors (Lipinski definition) is 1. The maximum absolute atomic E-state index is 12.6. The van der Waals surface area contributed by atoms with E-state index in [1.165, 1.54) is 12.8 Å². The minimum atomic E-state index is -0.0279. The second-order valence-corrected chi connectivity index (χ2v) is 7.42. The van der Waals surface area contributed by atoms with Crippen LogP contribution < -0.4 is 10.1 Å². The molecule has 1 fully saturated rings. The fraction of sp³-hybridized carbons (Fsp3) is 0.650. The number of nitrogens with one attached hydrogen (secondary N) is 1. The monoisotopic (exact) mass is 317 g/mol. The molecule has 1 unspecified atom stereocenters. The molecule has 1 aromatic rings. The highest BCUT2D eigenvalue weighted by atomic mass is 16.5. The summed E-state index contributed by atoms with van der Waals surface area (Å²) in [5.41, 5.74) is 0. The van der Waals surface area contributed by atoms with Crippen molar-refractivity contribution in [1.29, 1.82) is 0 Å². The quantitative estimate of drug-likeness (QED) is 0.850. The molecule has 1 aliphatic carbocycles. The van der Waals surface area contributed by atoms with E-state index >= 15 is 0 Å². The molecule has 23 heavy (non-hydrogen) atoms. The summed E-state index contributed by atoms with van der Waals surface area (Å²) in [7, 11) is 0. The highest BCUT2D eigenvalue weighted by molar-refractivity contribution is 5.79. The molecule has 0 radical (unpaired) electrons. The first-order chi connectivity index (χ1) is 11.0. The van der Waals surface area contributed by atoms with E-state index in [-0.39, 0.29) is 17.9 Å². The fourth-order valence-corrected chi connectivity index (χ4v) is 3.65. The van der Waals surface area contributed by atoms with Crippen molar-refractivity contribution in [3.63, 3.8) is 0 Å². The number of amides is 1. The number of ether oxygens (including phenoxy) is 1. The molecule has 4 atom stereocenters. The van der Waals surface area contributed by atoms with Gasteiger partial charge in [0.05, 0.1) is 6.54 Å². The second kappa shape index (κ2) is 8.37. The van der Waals surface area contributed by atoms with Crippen LogP contribution in [-0.2, 0) is 4.79 Å². The maximum atomic E-state index is 12.6. The van der Waals surface area contributed by atoms with Crippen molar-refractivity contribution in [1.82, 2.24) is 5.32 Å². The minimum absolute atomic E-state index is 0.0279. The van der Waals surface area contributed by atoms with Crippen molar-refractivity contribution in [3.8, 4) is 5.75 Å². The second-order valence-electron chi connectivity index (χ2n) is 7.42. The first-order valence-electron chi connectivity index (χ1n) is 8.96. The molecule has 1 saturated carbocycles. The Hall–Kier alpha value is -1.51. The summed E-state index contributed by atoms with van der Waals surface area (Å²) in [6.45, 7) is 9.29. The summed E-state index contributed by atoms with van der Waals surface area (Å²) in [5, 5.41) is 3.11. The molecule has 3 nitrogen and oxygen atoms in total. The van der Waals surface area contributed by atoms with Crippen LogP contribution in [0.4, 0.5) is 0 Å². The lowest BCUT2D eigenvalue weighted by Crippen LogP contribution is -2.43. The van der Waals surface area contributed by atoms with Crippen LogP contribution in [0, 0.1) is 23.7 Å². The number of carbonyl (C=O) groups is 1. The molecule has 1 aliphatic rings. The van der Waals surface area contributed by atoms with Gasteiger partial charge in [-0.3, -0.25) is 4.79 Å². The topological polar surface area (TPSA) is 38.3 Å². The van der Waals surface area contributed by atoms with Gasteiger partial charge in [0.15, 0.2) is 0 Å². The first-order valence-corrected chi connectivity index (χ1v) is 8.96. The Bertz CT molecular complexity index is 486. The van der Waals surface area contributed by atoms with Crippen LogP contribution in [-0.4, -0.2) is 18.6 Å². The Balaban J connectivity index is 1.85. The van der Waals surface area contributed by atoms with Crippen LogP contribution in [0.3, 0.4) is 0 Å². The van der Waals surface area contributed by atoms with Crippen molar-refractivity contribution < 1.29 is 9.53 Å². The molecular weight excluding hydrogens is 286 g/mol. The Labute approximate surface area is 140 Å². The molecule has 0 bridgehead atoms. The van der Waals surface area contributed by atoms with Gasteiger partial charge in [-0.2, -0.15) is 0 Å². The van der Waals surface area contributed by atoms with Crippen molar-refractivity contribution in [2.75, 3.05) is 6.54 Å². The number of hydrogen-bond acceptors (Lipinski definition) is 2. The van der Waals surface area contributed by atoms with Crippen LogP contribution in [0.5, 0.6) is 5.75 Å². The van der Waals surface area contributed by atoms with E-state index in [9.17, 15) is 4.79 Å². The third-order valence-corrected chi connectivity index (χ3v) is 5.00. The molecule has 0 saturated heterocycles. The SMILES string of the molecule is CC(CNC(=O)[C@@H]1C[C@H](C)CC[C@H]1C(C)C)Oc1ccccc1. The number of carbonyl (C=O) groups excluding carboxylic acids is 1.